The van der Waals surface area contributed by atoms with Gasteiger partial charge >= 0.3 is 12.6 Å². The van der Waals surface area contributed by atoms with Crippen molar-refractivity contribution >= 4 is 11.8 Å². The van der Waals surface area contributed by atoms with Crippen LogP contribution in [0.4, 0.5) is 14.6 Å². The van der Waals surface area contributed by atoms with E-state index in [4.69, 9.17) is 9.84 Å². The summed E-state index contributed by atoms with van der Waals surface area (Å²) in [5.41, 5.74) is 0.665. The average molecular weight is 338 g/mol. The maximum absolute atomic E-state index is 12.4. The molecule has 0 unspecified atom stereocenters. The molecule has 0 fully saturated rings. The molecule has 1 aromatic carbocycles. The molecule has 0 aliphatic rings. The van der Waals surface area contributed by atoms with E-state index in [0.717, 1.165) is 5.56 Å². The fourth-order valence-electron chi connectivity index (χ4n) is 1.97. The lowest BCUT2D eigenvalue weighted by molar-refractivity contribution is -0.0514. The first-order valence-corrected chi connectivity index (χ1v) is 7.14. The standard InChI is InChI=1S/C16H16F2N2O4/c1-2-23-13-8-10(6-7-12(13)24-16(17)18)9-19-14-5-3-4-11(20-14)15(21)22/h3-8,16H,2,9H2,1H3,(H,19,20)(H,21,22). The lowest BCUT2D eigenvalue weighted by Gasteiger charge is -2.13. The number of benzene rings is 1. The Morgan fingerprint density at radius 2 is 2.08 bits per heavy atom. The Balaban J connectivity index is 2.10. The maximum Gasteiger partial charge on any atom is 0.387 e. The van der Waals surface area contributed by atoms with Crippen LogP contribution in [0.1, 0.15) is 23.0 Å². The minimum absolute atomic E-state index is 0.0402. The second-order valence-corrected chi connectivity index (χ2v) is 4.66. The highest BCUT2D eigenvalue weighted by Crippen LogP contribution is 2.30. The molecule has 24 heavy (non-hydrogen) atoms. The Kier molecular flexibility index (Phi) is 5.89. The number of rotatable bonds is 8. The van der Waals surface area contributed by atoms with Crippen molar-refractivity contribution in [3.8, 4) is 11.5 Å². The zero-order valence-corrected chi connectivity index (χ0v) is 12.8. The van der Waals surface area contributed by atoms with Crippen molar-refractivity contribution < 1.29 is 28.2 Å². The molecule has 0 saturated heterocycles. The van der Waals surface area contributed by atoms with Crippen LogP contribution in [-0.4, -0.2) is 29.3 Å². The van der Waals surface area contributed by atoms with Gasteiger partial charge in [0.2, 0.25) is 0 Å². The monoisotopic (exact) mass is 338 g/mol. The third kappa shape index (κ3) is 4.80. The molecule has 2 N–H and O–H groups in total. The summed E-state index contributed by atoms with van der Waals surface area (Å²) in [7, 11) is 0. The van der Waals surface area contributed by atoms with Gasteiger partial charge in [-0.25, -0.2) is 9.78 Å². The molecule has 8 heteroatoms. The van der Waals surface area contributed by atoms with Crippen molar-refractivity contribution in [2.24, 2.45) is 0 Å². The van der Waals surface area contributed by atoms with Gasteiger partial charge in [0.05, 0.1) is 6.61 Å². The summed E-state index contributed by atoms with van der Waals surface area (Å²) in [6, 6.07) is 9.17. The Labute approximate surface area is 137 Å². The van der Waals surface area contributed by atoms with Crippen LogP contribution >= 0.6 is 0 Å². The number of nitrogens with one attached hydrogen (secondary N) is 1. The van der Waals surface area contributed by atoms with Crippen LogP contribution in [0.15, 0.2) is 36.4 Å². The molecule has 0 bridgehead atoms. The van der Waals surface area contributed by atoms with Crippen molar-refractivity contribution in [1.82, 2.24) is 4.98 Å². The normalized spacial score (nSPS) is 10.5. The van der Waals surface area contributed by atoms with E-state index in [0.29, 0.717) is 19.0 Å². The number of carbonyl (C=O) groups is 1. The minimum atomic E-state index is -2.93. The van der Waals surface area contributed by atoms with Crippen LogP contribution in [0.25, 0.3) is 0 Å². The molecule has 0 aliphatic heterocycles. The zero-order chi connectivity index (χ0) is 17.5. The Bertz CT molecular complexity index is 710. The Hall–Kier alpha value is -2.90. The van der Waals surface area contributed by atoms with Gasteiger partial charge in [-0.2, -0.15) is 8.78 Å². The predicted molar refractivity (Wildman–Crippen MR) is 82.8 cm³/mol. The van der Waals surface area contributed by atoms with Crippen molar-refractivity contribution in [2.75, 3.05) is 11.9 Å². The number of aromatic carboxylic acids is 1. The topological polar surface area (TPSA) is 80.7 Å². The molecule has 0 radical (unpaired) electrons. The van der Waals surface area contributed by atoms with Crippen LogP contribution in [0, 0.1) is 0 Å². The lowest BCUT2D eigenvalue weighted by Crippen LogP contribution is -2.07. The Morgan fingerprint density at radius 1 is 1.29 bits per heavy atom. The summed E-state index contributed by atoms with van der Waals surface area (Å²) in [5, 5.41) is 11.9. The molecule has 0 spiro atoms. The van der Waals surface area contributed by atoms with E-state index in [1.807, 2.05) is 0 Å². The van der Waals surface area contributed by atoms with Gasteiger partial charge in [-0.15, -0.1) is 0 Å². The molecule has 1 heterocycles. The van der Waals surface area contributed by atoms with Gasteiger partial charge in [-0.3, -0.25) is 0 Å². The quantitative estimate of drug-likeness (QED) is 0.768. The molecule has 6 nitrogen and oxygen atoms in total. The third-order valence-electron chi connectivity index (χ3n) is 2.97. The number of hydrogen-bond donors (Lipinski definition) is 2. The summed E-state index contributed by atoms with van der Waals surface area (Å²) >= 11 is 0. The van der Waals surface area contributed by atoms with Gasteiger partial charge in [0.1, 0.15) is 5.82 Å². The van der Waals surface area contributed by atoms with Gasteiger partial charge in [0.25, 0.3) is 0 Å². The first-order valence-electron chi connectivity index (χ1n) is 7.14. The zero-order valence-electron chi connectivity index (χ0n) is 12.8. The number of carboxylic acid groups (broad SMARTS) is 1. The molecule has 2 aromatic rings. The van der Waals surface area contributed by atoms with Crippen molar-refractivity contribution in [2.45, 2.75) is 20.1 Å². The van der Waals surface area contributed by atoms with E-state index in [1.165, 1.54) is 12.1 Å². The number of ether oxygens (including phenoxy) is 2. The van der Waals surface area contributed by atoms with E-state index < -0.39 is 12.6 Å². The SMILES string of the molecule is CCOc1cc(CNc2cccc(C(=O)O)n2)ccc1OC(F)F. The summed E-state index contributed by atoms with van der Waals surface area (Å²) in [6.07, 6.45) is 0. The van der Waals surface area contributed by atoms with E-state index in [2.05, 4.69) is 15.0 Å². The average Bonchev–Trinajstić information content (AvgIpc) is 2.55. The summed E-state index contributed by atoms with van der Waals surface area (Å²) in [5.74, 6) is -0.558. The highest BCUT2D eigenvalue weighted by molar-refractivity contribution is 5.85. The van der Waals surface area contributed by atoms with E-state index in [1.54, 1.807) is 31.2 Å². The smallest absolute Gasteiger partial charge is 0.387 e. The summed E-state index contributed by atoms with van der Waals surface area (Å²) in [4.78, 5) is 14.8. The molecule has 0 aliphatic carbocycles. The van der Waals surface area contributed by atoms with Gasteiger partial charge in [-0.1, -0.05) is 12.1 Å². The van der Waals surface area contributed by atoms with Crippen molar-refractivity contribution in [3.63, 3.8) is 0 Å². The highest BCUT2D eigenvalue weighted by Gasteiger charge is 2.12. The van der Waals surface area contributed by atoms with E-state index >= 15 is 0 Å². The van der Waals surface area contributed by atoms with E-state index in [9.17, 15) is 13.6 Å². The Morgan fingerprint density at radius 3 is 2.75 bits per heavy atom. The van der Waals surface area contributed by atoms with Gasteiger partial charge in [-0.05, 0) is 36.8 Å². The van der Waals surface area contributed by atoms with Gasteiger partial charge < -0.3 is 19.9 Å². The first-order chi connectivity index (χ1) is 11.5. The molecule has 2 rings (SSSR count). The van der Waals surface area contributed by atoms with Gasteiger partial charge in [0.15, 0.2) is 17.2 Å². The molecule has 1 aromatic heterocycles. The van der Waals surface area contributed by atoms with Crippen molar-refractivity contribution in [3.05, 3.63) is 47.7 Å². The molecule has 0 atom stereocenters. The number of hydrogen-bond acceptors (Lipinski definition) is 5. The molecular weight excluding hydrogens is 322 g/mol. The maximum atomic E-state index is 12.4. The number of carboxylic acids is 1. The number of aromatic nitrogens is 1. The van der Waals surface area contributed by atoms with Crippen LogP contribution in [-0.2, 0) is 6.54 Å². The number of anilines is 1. The second kappa shape index (κ2) is 8.09. The summed E-state index contributed by atoms with van der Waals surface area (Å²) < 4.78 is 34.4. The molecule has 0 saturated carbocycles. The van der Waals surface area contributed by atoms with Crippen molar-refractivity contribution in [1.29, 1.82) is 0 Å². The molecule has 128 valence electrons. The van der Waals surface area contributed by atoms with Crippen LogP contribution in [0.3, 0.4) is 0 Å². The number of alkyl halides is 2. The predicted octanol–water partition coefficient (Wildman–Crippen LogP) is 3.39. The minimum Gasteiger partial charge on any atom is -0.490 e. The summed E-state index contributed by atoms with van der Waals surface area (Å²) in [6.45, 7) is -0.585. The second-order valence-electron chi connectivity index (χ2n) is 4.66. The van der Waals surface area contributed by atoms with Crippen LogP contribution < -0.4 is 14.8 Å². The third-order valence-corrected chi connectivity index (χ3v) is 2.97. The molecular formula is C16H16F2N2O4. The highest BCUT2D eigenvalue weighted by atomic mass is 19.3. The molecule has 0 amide bonds. The fraction of sp³-hybridized carbons (Fsp3) is 0.250. The first kappa shape index (κ1) is 17.5. The fourth-order valence-corrected chi connectivity index (χ4v) is 1.97. The van der Waals surface area contributed by atoms with E-state index in [-0.39, 0.29) is 17.2 Å². The van der Waals surface area contributed by atoms with Crippen LogP contribution in [0.5, 0.6) is 11.5 Å². The van der Waals surface area contributed by atoms with Crippen LogP contribution in [0.2, 0.25) is 0 Å². The number of halogens is 2. The largest absolute Gasteiger partial charge is 0.490 e. The lowest BCUT2D eigenvalue weighted by atomic mass is 10.2. The number of nitrogens with zero attached hydrogens (tertiary/aromatic N) is 1. The van der Waals surface area contributed by atoms with Gasteiger partial charge in [0, 0.05) is 6.54 Å². The number of pyridine rings is 1.